The second kappa shape index (κ2) is 5.40. The monoisotopic (exact) mass is 193 g/mol. The van der Waals surface area contributed by atoms with E-state index in [1.165, 1.54) is 5.56 Å². The Labute approximate surface area is 83.8 Å². The molecule has 0 bridgehead atoms. The number of hydrogen-bond donors (Lipinski definition) is 2. The normalized spacial score (nSPS) is 10.1. The van der Waals surface area contributed by atoms with Crippen molar-refractivity contribution in [2.45, 2.75) is 19.4 Å². The molecule has 0 aliphatic carbocycles. The van der Waals surface area contributed by atoms with Crippen molar-refractivity contribution in [2.75, 3.05) is 7.05 Å². The van der Waals surface area contributed by atoms with Gasteiger partial charge >= 0.3 is 5.97 Å². The number of carboxylic acids is 1. The smallest absolute Gasteiger partial charge is 0.303 e. The van der Waals surface area contributed by atoms with Gasteiger partial charge in [-0.25, -0.2) is 0 Å². The minimum atomic E-state index is -0.746. The molecule has 0 saturated heterocycles. The molecule has 0 radical (unpaired) electrons. The Hall–Kier alpha value is -1.35. The van der Waals surface area contributed by atoms with E-state index in [1.54, 1.807) is 0 Å². The summed E-state index contributed by atoms with van der Waals surface area (Å²) in [5.74, 6) is -0.746. The van der Waals surface area contributed by atoms with E-state index in [0.717, 1.165) is 12.1 Å². The molecular formula is C11H15NO2. The zero-order chi connectivity index (χ0) is 10.4. The third kappa shape index (κ3) is 3.58. The van der Waals surface area contributed by atoms with Crippen molar-refractivity contribution >= 4 is 5.97 Å². The summed E-state index contributed by atoms with van der Waals surface area (Å²) in [5.41, 5.74) is 2.27. The molecule has 0 aromatic heterocycles. The lowest BCUT2D eigenvalue weighted by molar-refractivity contribution is -0.136. The van der Waals surface area contributed by atoms with Crippen LogP contribution in [0.4, 0.5) is 0 Å². The molecule has 0 amide bonds. The fraction of sp³-hybridized carbons (Fsp3) is 0.364. The lowest BCUT2D eigenvalue weighted by Gasteiger charge is -2.03. The van der Waals surface area contributed by atoms with Gasteiger partial charge in [0.25, 0.3) is 0 Å². The number of aliphatic carboxylic acids is 1. The van der Waals surface area contributed by atoms with E-state index in [-0.39, 0.29) is 6.42 Å². The minimum absolute atomic E-state index is 0.197. The number of aryl methyl sites for hydroxylation is 1. The van der Waals surface area contributed by atoms with E-state index in [0.29, 0.717) is 6.42 Å². The molecule has 0 atom stereocenters. The van der Waals surface area contributed by atoms with Gasteiger partial charge in [-0.05, 0) is 24.6 Å². The predicted octanol–water partition coefficient (Wildman–Crippen LogP) is 1.42. The van der Waals surface area contributed by atoms with E-state index >= 15 is 0 Å². The average Bonchev–Trinajstić information content (AvgIpc) is 2.16. The average molecular weight is 193 g/mol. The minimum Gasteiger partial charge on any atom is -0.481 e. The molecule has 14 heavy (non-hydrogen) atoms. The van der Waals surface area contributed by atoms with Crippen molar-refractivity contribution in [3.8, 4) is 0 Å². The number of hydrogen-bond acceptors (Lipinski definition) is 2. The largest absolute Gasteiger partial charge is 0.481 e. The molecule has 1 aromatic carbocycles. The van der Waals surface area contributed by atoms with Gasteiger partial charge in [0, 0.05) is 13.0 Å². The van der Waals surface area contributed by atoms with Gasteiger partial charge in [0.15, 0.2) is 0 Å². The Balaban J connectivity index is 2.58. The van der Waals surface area contributed by atoms with Gasteiger partial charge in [-0.15, -0.1) is 0 Å². The molecule has 1 aromatic rings. The fourth-order valence-electron chi connectivity index (χ4n) is 1.35. The summed E-state index contributed by atoms with van der Waals surface area (Å²) in [6, 6.07) is 7.99. The van der Waals surface area contributed by atoms with Gasteiger partial charge in [0.2, 0.25) is 0 Å². The summed E-state index contributed by atoms with van der Waals surface area (Å²) >= 11 is 0. The van der Waals surface area contributed by atoms with Crippen molar-refractivity contribution in [1.29, 1.82) is 0 Å². The second-order valence-corrected chi connectivity index (χ2v) is 3.24. The zero-order valence-corrected chi connectivity index (χ0v) is 8.29. The first-order chi connectivity index (χ1) is 6.72. The summed E-state index contributed by atoms with van der Waals surface area (Å²) in [6.07, 6.45) is 0.801. The van der Waals surface area contributed by atoms with Crippen LogP contribution in [0.2, 0.25) is 0 Å². The van der Waals surface area contributed by atoms with Crippen LogP contribution in [0.1, 0.15) is 17.5 Å². The van der Waals surface area contributed by atoms with Crippen LogP contribution in [0, 0.1) is 0 Å². The van der Waals surface area contributed by atoms with Crippen LogP contribution in [0.5, 0.6) is 0 Å². The van der Waals surface area contributed by atoms with Crippen molar-refractivity contribution < 1.29 is 9.90 Å². The maximum absolute atomic E-state index is 10.4. The number of carbonyl (C=O) groups is 1. The highest BCUT2D eigenvalue weighted by Gasteiger charge is 1.99. The molecule has 0 heterocycles. The van der Waals surface area contributed by atoms with Crippen LogP contribution < -0.4 is 5.32 Å². The van der Waals surface area contributed by atoms with Gasteiger partial charge < -0.3 is 10.4 Å². The van der Waals surface area contributed by atoms with Crippen LogP contribution in [0.3, 0.4) is 0 Å². The van der Waals surface area contributed by atoms with Crippen molar-refractivity contribution in [2.24, 2.45) is 0 Å². The number of carboxylic acid groups (broad SMARTS) is 1. The molecule has 76 valence electrons. The van der Waals surface area contributed by atoms with E-state index < -0.39 is 5.97 Å². The highest BCUT2D eigenvalue weighted by molar-refractivity contribution is 5.67. The van der Waals surface area contributed by atoms with Gasteiger partial charge in [-0.2, -0.15) is 0 Å². The van der Waals surface area contributed by atoms with E-state index in [4.69, 9.17) is 5.11 Å². The van der Waals surface area contributed by atoms with Crippen LogP contribution >= 0.6 is 0 Å². The highest BCUT2D eigenvalue weighted by Crippen LogP contribution is 2.07. The Kier molecular flexibility index (Phi) is 4.13. The Bertz CT molecular complexity index is 310. The summed E-state index contributed by atoms with van der Waals surface area (Å²) in [7, 11) is 1.89. The van der Waals surface area contributed by atoms with Crippen LogP contribution in [0.25, 0.3) is 0 Å². The van der Waals surface area contributed by atoms with Crippen LogP contribution in [-0.4, -0.2) is 18.1 Å². The predicted molar refractivity (Wildman–Crippen MR) is 55.2 cm³/mol. The molecule has 1 rings (SSSR count). The Morgan fingerprint density at radius 1 is 1.43 bits per heavy atom. The van der Waals surface area contributed by atoms with Crippen molar-refractivity contribution in [3.05, 3.63) is 35.4 Å². The standard InChI is InChI=1S/C11H15NO2/c1-12-8-10-4-2-3-9(7-10)5-6-11(13)14/h2-4,7,12H,5-6,8H2,1H3,(H,13,14). The molecule has 2 N–H and O–H groups in total. The molecule has 0 aliphatic heterocycles. The van der Waals surface area contributed by atoms with Gasteiger partial charge in [-0.1, -0.05) is 24.3 Å². The summed E-state index contributed by atoms with van der Waals surface area (Å²) in [4.78, 5) is 10.4. The Morgan fingerprint density at radius 3 is 2.79 bits per heavy atom. The van der Waals surface area contributed by atoms with E-state index in [2.05, 4.69) is 5.32 Å². The van der Waals surface area contributed by atoms with E-state index in [9.17, 15) is 4.79 Å². The third-order valence-electron chi connectivity index (χ3n) is 2.00. The first-order valence-corrected chi connectivity index (χ1v) is 4.66. The SMILES string of the molecule is CNCc1cccc(CCC(=O)O)c1. The molecule has 0 fully saturated rings. The summed E-state index contributed by atoms with van der Waals surface area (Å²) in [5, 5.41) is 11.6. The van der Waals surface area contributed by atoms with Gasteiger partial charge in [0.05, 0.1) is 0 Å². The molecule has 3 nitrogen and oxygen atoms in total. The topological polar surface area (TPSA) is 49.3 Å². The molecule has 3 heteroatoms. The number of rotatable bonds is 5. The molecule has 0 unspecified atom stereocenters. The zero-order valence-electron chi connectivity index (χ0n) is 8.29. The molecular weight excluding hydrogens is 178 g/mol. The summed E-state index contributed by atoms with van der Waals surface area (Å²) in [6.45, 7) is 0.820. The molecule has 0 spiro atoms. The van der Waals surface area contributed by atoms with Gasteiger partial charge in [0.1, 0.15) is 0 Å². The van der Waals surface area contributed by atoms with Crippen molar-refractivity contribution in [1.82, 2.24) is 5.32 Å². The first-order valence-electron chi connectivity index (χ1n) is 4.66. The van der Waals surface area contributed by atoms with E-state index in [1.807, 2.05) is 31.3 Å². The number of nitrogens with one attached hydrogen (secondary N) is 1. The second-order valence-electron chi connectivity index (χ2n) is 3.24. The Morgan fingerprint density at radius 2 is 2.14 bits per heavy atom. The first kappa shape index (κ1) is 10.7. The maximum Gasteiger partial charge on any atom is 0.303 e. The van der Waals surface area contributed by atoms with Crippen molar-refractivity contribution in [3.63, 3.8) is 0 Å². The number of benzene rings is 1. The van der Waals surface area contributed by atoms with Crippen LogP contribution in [-0.2, 0) is 17.8 Å². The maximum atomic E-state index is 10.4. The lowest BCUT2D eigenvalue weighted by Crippen LogP contribution is -2.05. The summed E-state index contributed by atoms with van der Waals surface area (Å²) < 4.78 is 0. The van der Waals surface area contributed by atoms with Gasteiger partial charge in [-0.3, -0.25) is 4.79 Å². The van der Waals surface area contributed by atoms with Crippen LogP contribution in [0.15, 0.2) is 24.3 Å². The third-order valence-corrected chi connectivity index (χ3v) is 2.00. The molecule has 0 aliphatic rings. The quantitative estimate of drug-likeness (QED) is 0.743. The molecule has 0 saturated carbocycles. The fourth-order valence-corrected chi connectivity index (χ4v) is 1.35. The highest BCUT2D eigenvalue weighted by atomic mass is 16.4. The lowest BCUT2D eigenvalue weighted by atomic mass is 10.1.